The molecular weight excluding hydrogens is 250 g/mol. The van der Waals surface area contributed by atoms with E-state index in [9.17, 15) is 14.9 Å². The number of aryl methyl sites for hydroxylation is 1. The van der Waals surface area contributed by atoms with Crippen molar-refractivity contribution in [3.05, 3.63) is 39.4 Å². The molecule has 1 atom stereocenters. The van der Waals surface area contributed by atoms with E-state index in [0.29, 0.717) is 11.1 Å². The fourth-order valence-corrected chi connectivity index (χ4v) is 3.53. The van der Waals surface area contributed by atoms with Crippen LogP contribution in [0.4, 0.5) is 5.69 Å². The molecule has 0 radical (unpaired) electrons. The molecule has 1 unspecified atom stereocenters. The number of nitro groups is 1. The van der Waals surface area contributed by atoms with Gasteiger partial charge in [-0.25, -0.2) is 0 Å². The van der Waals surface area contributed by atoms with Crippen molar-refractivity contribution >= 4 is 23.2 Å². The maximum atomic E-state index is 12.5. The van der Waals surface area contributed by atoms with Gasteiger partial charge in [0.2, 0.25) is 0 Å². The number of ketones is 1. The van der Waals surface area contributed by atoms with E-state index in [1.807, 2.05) is 6.92 Å². The van der Waals surface area contributed by atoms with Crippen molar-refractivity contribution in [1.82, 2.24) is 0 Å². The lowest BCUT2D eigenvalue weighted by Crippen LogP contribution is -2.29. The van der Waals surface area contributed by atoms with Gasteiger partial charge in [-0.2, -0.15) is 0 Å². The first-order valence-electron chi connectivity index (χ1n) is 5.88. The van der Waals surface area contributed by atoms with Crippen molar-refractivity contribution in [2.45, 2.75) is 31.4 Å². The number of thioether (sulfide) groups is 1. The van der Waals surface area contributed by atoms with E-state index in [-0.39, 0.29) is 16.2 Å². The third-order valence-electron chi connectivity index (χ3n) is 3.36. The van der Waals surface area contributed by atoms with Crippen LogP contribution in [-0.4, -0.2) is 21.2 Å². The molecule has 0 amide bonds. The Kier molecular flexibility index (Phi) is 3.43. The molecule has 1 aliphatic heterocycles. The van der Waals surface area contributed by atoms with E-state index in [1.54, 1.807) is 24.8 Å². The fourth-order valence-electron chi connectivity index (χ4n) is 2.26. The van der Waals surface area contributed by atoms with E-state index >= 15 is 0 Å². The van der Waals surface area contributed by atoms with Gasteiger partial charge in [0.1, 0.15) is 0 Å². The highest BCUT2D eigenvalue weighted by molar-refractivity contribution is 8.01. The highest BCUT2D eigenvalue weighted by atomic mass is 32.2. The minimum Gasteiger partial charge on any atom is -0.293 e. The molecule has 1 heterocycles. The molecule has 0 N–H and O–H groups in total. The standard InChI is InChI=1S/C13H15NO3S/c1-9-8-10(14(16)17)4-5-11(9)12(15)13(2)6-3-7-18-13/h4-5,8H,3,6-7H2,1-2H3. The van der Waals surface area contributed by atoms with Crippen LogP contribution in [0.3, 0.4) is 0 Å². The Morgan fingerprint density at radius 2 is 2.22 bits per heavy atom. The second-order valence-electron chi connectivity index (χ2n) is 4.77. The molecule has 1 aliphatic rings. The maximum absolute atomic E-state index is 12.5. The maximum Gasteiger partial charge on any atom is 0.269 e. The van der Waals surface area contributed by atoms with Crippen molar-refractivity contribution < 1.29 is 9.72 Å². The first-order chi connectivity index (χ1) is 8.44. The van der Waals surface area contributed by atoms with Crippen molar-refractivity contribution in [3.8, 4) is 0 Å². The van der Waals surface area contributed by atoms with E-state index in [2.05, 4.69) is 0 Å². The number of nitro benzene ring substituents is 1. The van der Waals surface area contributed by atoms with Crippen LogP contribution in [0.1, 0.15) is 35.7 Å². The lowest BCUT2D eigenvalue weighted by molar-refractivity contribution is -0.384. The largest absolute Gasteiger partial charge is 0.293 e. The van der Waals surface area contributed by atoms with Gasteiger partial charge in [-0.3, -0.25) is 14.9 Å². The van der Waals surface area contributed by atoms with E-state index < -0.39 is 4.92 Å². The molecule has 0 aliphatic carbocycles. The van der Waals surface area contributed by atoms with Crippen molar-refractivity contribution in [2.75, 3.05) is 5.75 Å². The van der Waals surface area contributed by atoms with Gasteiger partial charge in [-0.15, -0.1) is 11.8 Å². The van der Waals surface area contributed by atoms with Gasteiger partial charge in [0.25, 0.3) is 5.69 Å². The van der Waals surface area contributed by atoms with E-state index in [4.69, 9.17) is 0 Å². The average Bonchev–Trinajstić information content (AvgIpc) is 2.76. The van der Waals surface area contributed by atoms with Crippen LogP contribution >= 0.6 is 11.8 Å². The zero-order chi connectivity index (χ0) is 13.3. The summed E-state index contributed by atoms with van der Waals surface area (Å²) in [7, 11) is 0. The van der Waals surface area contributed by atoms with Crippen LogP contribution in [-0.2, 0) is 0 Å². The quantitative estimate of drug-likeness (QED) is 0.477. The highest BCUT2D eigenvalue weighted by Gasteiger charge is 2.38. The summed E-state index contributed by atoms with van der Waals surface area (Å²) in [5.74, 6) is 1.10. The van der Waals surface area contributed by atoms with Gasteiger partial charge < -0.3 is 0 Å². The zero-order valence-electron chi connectivity index (χ0n) is 10.4. The molecule has 0 spiro atoms. The number of rotatable bonds is 3. The molecule has 0 saturated carbocycles. The highest BCUT2D eigenvalue weighted by Crippen LogP contribution is 2.40. The summed E-state index contributed by atoms with van der Waals surface area (Å²) >= 11 is 1.68. The molecule has 96 valence electrons. The molecule has 18 heavy (non-hydrogen) atoms. The number of hydrogen-bond acceptors (Lipinski definition) is 4. The number of carbonyl (C=O) groups excluding carboxylic acids is 1. The molecular formula is C13H15NO3S. The Labute approximate surface area is 110 Å². The summed E-state index contributed by atoms with van der Waals surface area (Å²) in [5.41, 5.74) is 1.33. The van der Waals surface area contributed by atoms with E-state index in [0.717, 1.165) is 18.6 Å². The molecule has 1 aromatic carbocycles. The van der Waals surface area contributed by atoms with Crippen LogP contribution in [0.2, 0.25) is 0 Å². The predicted octanol–water partition coefficient (Wildman–Crippen LogP) is 3.37. The Balaban J connectivity index is 2.34. The van der Waals surface area contributed by atoms with Gasteiger partial charge >= 0.3 is 0 Å². The monoisotopic (exact) mass is 265 g/mol. The summed E-state index contributed by atoms with van der Waals surface area (Å²) in [6.07, 6.45) is 1.94. The second kappa shape index (κ2) is 4.72. The number of Topliss-reactive ketones (excluding diaryl/α,β-unsaturated/α-hetero) is 1. The average molecular weight is 265 g/mol. The van der Waals surface area contributed by atoms with Crippen LogP contribution in [0, 0.1) is 17.0 Å². The molecule has 0 aromatic heterocycles. The first kappa shape index (κ1) is 13.1. The lowest BCUT2D eigenvalue weighted by Gasteiger charge is -2.21. The summed E-state index contributed by atoms with van der Waals surface area (Å²) < 4.78 is -0.360. The van der Waals surface area contributed by atoms with E-state index in [1.165, 1.54) is 12.1 Å². The molecule has 4 nitrogen and oxygen atoms in total. The van der Waals surface area contributed by atoms with Crippen molar-refractivity contribution in [2.24, 2.45) is 0 Å². The van der Waals surface area contributed by atoms with Crippen LogP contribution in [0.15, 0.2) is 18.2 Å². The zero-order valence-corrected chi connectivity index (χ0v) is 11.3. The Hall–Kier alpha value is -1.36. The van der Waals surface area contributed by atoms with Gasteiger partial charge in [0.15, 0.2) is 5.78 Å². The molecule has 0 bridgehead atoms. The van der Waals surface area contributed by atoms with Crippen LogP contribution in [0.25, 0.3) is 0 Å². The number of nitrogens with zero attached hydrogens (tertiary/aromatic N) is 1. The fraction of sp³-hybridized carbons (Fsp3) is 0.462. The Bertz CT molecular complexity index is 507. The smallest absolute Gasteiger partial charge is 0.269 e. The van der Waals surface area contributed by atoms with Gasteiger partial charge in [0.05, 0.1) is 9.67 Å². The molecule has 5 heteroatoms. The number of non-ortho nitro benzene ring substituents is 1. The number of hydrogen-bond donors (Lipinski definition) is 0. The molecule has 2 rings (SSSR count). The molecule has 1 saturated heterocycles. The molecule has 1 aromatic rings. The summed E-state index contributed by atoms with van der Waals surface area (Å²) in [4.78, 5) is 22.7. The molecule has 1 fully saturated rings. The Morgan fingerprint density at radius 1 is 1.50 bits per heavy atom. The predicted molar refractivity (Wildman–Crippen MR) is 72.3 cm³/mol. The minimum atomic E-state index is -0.437. The second-order valence-corrected chi connectivity index (χ2v) is 6.37. The SMILES string of the molecule is Cc1cc([N+](=O)[O-])ccc1C(=O)C1(C)CCCS1. The minimum absolute atomic E-state index is 0.0354. The van der Waals surface area contributed by atoms with Crippen LogP contribution in [0.5, 0.6) is 0 Å². The Morgan fingerprint density at radius 3 is 2.72 bits per heavy atom. The van der Waals surface area contributed by atoms with Crippen LogP contribution < -0.4 is 0 Å². The third kappa shape index (κ3) is 2.27. The third-order valence-corrected chi connectivity index (χ3v) is 4.88. The van der Waals surface area contributed by atoms with Crippen molar-refractivity contribution in [3.63, 3.8) is 0 Å². The first-order valence-corrected chi connectivity index (χ1v) is 6.86. The summed E-state index contributed by atoms with van der Waals surface area (Å²) in [5, 5.41) is 10.7. The van der Waals surface area contributed by atoms with Gasteiger partial charge in [-0.1, -0.05) is 0 Å². The topological polar surface area (TPSA) is 60.2 Å². The number of benzene rings is 1. The van der Waals surface area contributed by atoms with Gasteiger partial charge in [0, 0.05) is 17.7 Å². The summed E-state index contributed by atoms with van der Waals surface area (Å²) in [6, 6.07) is 4.46. The lowest BCUT2D eigenvalue weighted by atomic mass is 9.92. The van der Waals surface area contributed by atoms with Crippen molar-refractivity contribution in [1.29, 1.82) is 0 Å². The number of carbonyl (C=O) groups is 1. The summed E-state index contributed by atoms with van der Waals surface area (Å²) in [6.45, 7) is 3.72. The van der Waals surface area contributed by atoms with Gasteiger partial charge in [-0.05, 0) is 44.1 Å². The normalized spacial score (nSPS) is 23.0.